The summed E-state index contributed by atoms with van der Waals surface area (Å²) in [6.45, 7) is 3.14. The molecule has 0 aliphatic carbocycles. The van der Waals surface area contributed by atoms with Crippen LogP contribution in [0.25, 0.3) is 11.3 Å². The van der Waals surface area contributed by atoms with E-state index in [9.17, 15) is 4.79 Å². The lowest BCUT2D eigenvalue weighted by Crippen LogP contribution is -2.24. The van der Waals surface area contributed by atoms with Gasteiger partial charge in [-0.25, -0.2) is 0 Å². The van der Waals surface area contributed by atoms with Crippen molar-refractivity contribution in [2.75, 3.05) is 6.54 Å². The zero-order valence-corrected chi connectivity index (χ0v) is 13.8. The SMILES string of the molecule is CCCC(=O)c1c(-c2ccccc2)nsc1CC1CCCN1. The van der Waals surface area contributed by atoms with Crippen molar-refractivity contribution in [1.29, 1.82) is 0 Å². The molecular formula is C18H22N2OS. The molecule has 1 saturated heterocycles. The van der Waals surface area contributed by atoms with Crippen LogP contribution in [0.5, 0.6) is 0 Å². The minimum absolute atomic E-state index is 0.239. The number of Topliss-reactive ketones (excluding diaryl/α,β-unsaturated/α-hetero) is 1. The molecule has 1 aromatic carbocycles. The first kappa shape index (κ1) is 15.4. The standard InChI is InChI=1S/C18H22N2OS/c1-2-7-15(21)17-16(12-14-10-6-11-19-14)22-20-18(17)13-8-4-3-5-9-13/h3-5,8-9,14,19H,2,6-7,10-12H2,1H3. The molecule has 3 rings (SSSR count). The second kappa shape index (κ2) is 7.16. The second-order valence-electron chi connectivity index (χ2n) is 5.87. The summed E-state index contributed by atoms with van der Waals surface area (Å²) < 4.78 is 4.62. The van der Waals surface area contributed by atoms with Crippen molar-refractivity contribution in [2.24, 2.45) is 0 Å². The average Bonchev–Trinajstić information content (AvgIpc) is 3.18. The number of nitrogens with one attached hydrogen (secondary N) is 1. The molecule has 0 radical (unpaired) electrons. The summed E-state index contributed by atoms with van der Waals surface area (Å²) >= 11 is 1.50. The fourth-order valence-electron chi connectivity index (χ4n) is 3.05. The Kier molecular flexibility index (Phi) is 5.01. The first-order chi connectivity index (χ1) is 10.8. The summed E-state index contributed by atoms with van der Waals surface area (Å²) in [5.41, 5.74) is 2.78. The van der Waals surface area contributed by atoms with Crippen molar-refractivity contribution < 1.29 is 4.79 Å². The number of hydrogen-bond donors (Lipinski definition) is 1. The zero-order chi connectivity index (χ0) is 15.4. The topological polar surface area (TPSA) is 42.0 Å². The third kappa shape index (κ3) is 3.28. The monoisotopic (exact) mass is 314 g/mol. The maximum absolute atomic E-state index is 12.6. The van der Waals surface area contributed by atoms with Gasteiger partial charge in [-0.15, -0.1) is 0 Å². The van der Waals surface area contributed by atoms with E-state index in [1.807, 2.05) is 30.3 Å². The molecule has 1 atom stereocenters. The molecular weight excluding hydrogens is 292 g/mol. The highest BCUT2D eigenvalue weighted by atomic mass is 32.1. The van der Waals surface area contributed by atoms with Gasteiger partial charge in [-0.1, -0.05) is 37.3 Å². The summed E-state index contributed by atoms with van der Waals surface area (Å²) in [5.74, 6) is 0.239. The van der Waals surface area contributed by atoms with Gasteiger partial charge in [-0.2, -0.15) is 4.37 Å². The van der Waals surface area contributed by atoms with E-state index in [4.69, 9.17) is 0 Å². The van der Waals surface area contributed by atoms with Crippen LogP contribution < -0.4 is 5.32 Å². The van der Waals surface area contributed by atoms with E-state index in [0.717, 1.165) is 41.1 Å². The minimum atomic E-state index is 0.239. The number of nitrogens with zero attached hydrogens (tertiary/aromatic N) is 1. The number of benzene rings is 1. The van der Waals surface area contributed by atoms with Gasteiger partial charge < -0.3 is 5.32 Å². The van der Waals surface area contributed by atoms with Crippen molar-refractivity contribution in [3.05, 3.63) is 40.8 Å². The van der Waals surface area contributed by atoms with Crippen molar-refractivity contribution in [3.63, 3.8) is 0 Å². The van der Waals surface area contributed by atoms with E-state index in [1.54, 1.807) is 0 Å². The quantitative estimate of drug-likeness (QED) is 0.817. The Morgan fingerprint density at radius 1 is 1.36 bits per heavy atom. The Morgan fingerprint density at radius 2 is 2.18 bits per heavy atom. The summed E-state index contributed by atoms with van der Waals surface area (Å²) in [6, 6.07) is 10.6. The van der Waals surface area contributed by atoms with Gasteiger partial charge in [-0.3, -0.25) is 4.79 Å². The van der Waals surface area contributed by atoms with Crippen molar-refractivity contribution in [3.8, 4) is 11.3 Å². The molecule has 1 aliphatic rings. The van der Waals surface area contributed by atoms with Gasteiger partial charge in [0.25, 0.3) is 0 Å². The lowest BCUT2D eigenvalue weighted by molar-refractivity contribution is 0.0982. The van der Waals surface area contributed by atoms with Crippen molar-refractivity contribution in [2.45, 2.75) is 45.1 Å². The molecule has 1 aliphatic heterocycles. The zero-order valence-electron chi connectivity index (χ0n) is 13.0. The smallest absolute Gasteiger partial charge is 0.166 e. The third-order valence-electron chi connectivity index (χ3n) is 4.16. The molecule has 0 spiro atoms. The van der Waals surface area contributed by atoms with Crippen LogP contribution >= 0.6 is 11.5 Å². The third-order valence-corrected chi connectivity index (χ3v) is 5.03. The van der Waals surface area contributed by atoms with Crippen LogP contribution in [0.15, 0.2) is 30.3 Å². The van der Waals surface area contributed by atoms with Crippen LogP contribution in [0.4, 0.5) is 0 Å². The highest BCUT2D eigenvalue weighted by Gasteiger charge is 2.24. The molecule has 1 N–H and O–H groups in total. The maximum atomic E-state index is 12.6. The van der Waals surface area contributed by atoms with E-state index >= 15 is 0 Å². The second-order valence-corrected chi connectivity index (χ2v) is 6.72. The number of rotatable bonds is 6. The van der Waals surface area contributed by atoms with E-state index < -0.39 is 0 Å². The molecule has 3 nitrogen and oxygen atoms in total. The van der Waals surface area contributed by atoms with Crippen LogP contribution in [0.1, 0.15) is 47.8 Å². The van der Waals surface area contributed by atoms with E-state index in [0.29, 0.717) is 12.5 Å². The summed E-state index contributed by atoms with van der Waals surface area (Å²) in [5, 5.41) is 3.52. The number of hydrogen-bond acceptors (Lipinski definition) is 4. The summed E-state index contributed by atoms with van der Waals surface area (Å²) in [7, 11) is 0. The lowest BCUT2D eigenvalue weighted by atomic mass is 9.98. The Balaban J connectivity index is 1.95. The van der Waals surface area contributed by atoms with Gasteiger partial charge in [0.15, 0.2) is 5.78 Å². The van der Waals surface area contributed by atoms with E-state index in [-0.39, 0.29) is 5.78 Å². The van der Waals surface area contributed by atoms with Crippen LogP contribution in [-0.2, 0) is 6.42 Å². The van der Waals surface area contributed by atoms with Crippen LogP contribution in [0.3, 0.4) is 0 Å². The van der Waals surface area contributed by atoms with Gasteiger partial charge in [-0.05, 0) is 43.8 Å². The van der Waals surface area contributed by atoms with Gasteiger partial charge in [0.1, 0.15) is 0 Å². The van der Waals surface area contributed by atoms with E-state index in [2.05, 4.69) is 16.6 Å². The van der Waals surface area contributed by atoms with Gasteiger partial charge in [0.2, 0.25) is 0 Å². The summed E-state index contributed by atoms with van der Waals surface area (Å²) in [6.07, 6.45) is 4.83. The molecule has 1 aromatic heterocycles. The van der Waals surface area contributed by atoms with Crippen molar-refractivity contribution >= 4 is 17.3 Å². The van der Waals surface area contributed by atoms with Crippen molar-refractivity contribution in [1.82, 2.24) is 9.69 Å². The van der Waals surface area contributed by atoms with Gasteiger partial charge >= 0.3 is 0 Å². The fraction of sp³-hybridized carbons (Fsp3) is 0.444. The molecule has 1 fully saturated rings. The molecule has 4 heteroatoms. The Labute approximate surface area is 135 Å². The molecule has 1 unspecified atom stereocenters. The van der Waals surface area contributed by atoms with Crippen LogP contribution in [0.2, 0.25) is 0 Å². The highest BCUT2D eigenvalue weighted by molar-refractivity contribution is 7.06. The number of ketones is 1. The molecule has 0 saturated carbocycles. The maximum Gasteiger partial charge on any atom is 0.166 e. The van der Waals surface area contributed by atoms with Gasteiger partial charge in [0.05, 0.1) is 11.3 Å². The molecule has 22 heavy (non-hydrogen) atoms. The lowest BCUT2D eigenvalue weighted by Gasteiger charge is -2.10. The minimum Gasteiger partial charge on any atom is -0.314 e. The largest absolute Gasteiger partial charge is 0.314 e. The molecule has 116 valence electrons. The fourth-order valence-corrected chi connectivity index (χ4v) is 4.03. The first-order valence-electron chi connectivity index (χ1n) is 8.10. The normalized spacial score (nSPS) is 17.8. The molecule has 0 amide bonds. The highest BCUT2D eigenvalue weighted by Crippen LogP contribution is 2.31. The average molecular weight is 314 g/mol. The Hall–Kier alpha value is -1.52. The summed E-state index contributed by atoms with van der Waals surface area (Å²) in [4.78, 5) is 13.8. The molecule has 2 aromatic rings. The number of carbonyl (C=O) groups is 1. The predicted molar refractivity (Wildman–Crippen MR) is 91.5 cm³/mol. The van der Waals surface area contributed by atoms with Gasteiger partial charge in [0, 0.05) is 22.9 Å². The Morgan fingerprint density at radius 3 is 2.86 bits per heavy atom. The predicted octanol–water partition coefficient (Wildman–Crippen LogP) is 4.09. The molecule has 0 bridgehead atoms. The Bertz CT molecular complexity index is 630. The first-order valence-corrected chi connectivity index (χ1v) is 8.87. The van der Waals surface area contributed by atoms with Crippen LogP contribution in [0, 0.1) is 0 Å². The van der Waals surface area contributed by atoms with Crippen LogP contribution in [-0.4, -0.2) is 22.7 Å². The number of aromatic nitrogens is 1. The number of carbonyl (C=O) groups excluding carboxylic acids is 1. The molecule has 2 heterocycles. The van der Waals surface area contributed by atoms with E-state index in [1.165, 1.54) is 24.4 Å².